The van der Waals surface area contributed by atoms with E-state index in [2.05, 4.69) is 11.4 Å². The van der Waals surface area contributed by atoms with Crippen molar-refractivity contribution in [1.82, 2.24) is 15.1 Å². The van der Waals surface area contributed by atoms with Gasteiger partial charge in [-0.05, 0) is 67.0 Å². The quantitative estimate of drug-likeness (QED) is 0.343. The lowest BCUT2D eigenvalue weighted by Crippen LogP contribution is -2.47. The van der Waals surface area contributed by atoms with Gasteiger partial charge in [0.15, 0.2) is 0 Å². The second kappa shape index (κ2) is 13.1. The van der Waals surface area contributed by atoms with Gasteiger partial charge in [0.1, 0.15) is 5.75 Å². The molecular weight excluding hydrogens is 502 g/mol. The topological polar surface area (TPSA) is 79.0 Å². The number of carbonyl (C=O) groups is 3. The van der Waals surface area contributed by atoms with Gasteiger partial charge in [0.05, 0.1) is 12.3 Å². The highest BCUT2D eigenvalue weighted by atomic mass is 35.5. The minimum Gasteiger partial charge on any atom is -0.426 e. The number of nitrogens with zero attached hydrogens (tertiary/aromatic N) is 2. The largest absolute Gasteiger partial charge is 0.426 e. The Balaban J connectivity index is 0.00000336. The van der Waals surface area contributed by atoms with Gasteiger partial charge in [0.25, 0.3) is 0 Å². The molecule has 1 unspecified atom stereocenters. The van der Waals surface area contributed by atoms with Gasteiger partial charge in [0.2, 0.25) is 11.8 Å². The Hall–Kier alpha value is -3.16. The average molecular weight is 538 g/mol. The Morgan fingerprint density at radius 2 is 1.61 bits per heavy atom. The Labute approximate surface area is 230 Å². The van der Waals surface area contributed by atoms with Crippen LogP contribution in [0.15, 0.2) is 54.1 Å². The van der Waals surface area contributed by atoms with Crippen LogP contribution in [0.4, 0.5) is 0 Å². The normalized spacial score (nSPS) is 19.4. The summed E-state index contributed by atoms with van der Waals surface area (Å²) in [4.78, 5) is 42.9. The zero-order valence-corrected chi connectivity index (χ0v) is 22.5. The van der Waals surface area contributed by atoms with Crippen molar-refractivity contribution in [2.45, 2.75) is 44.4 Å². The van der Waals surface area contributed by atoms with Gasteiger partial charge in [-0.2, -0.15) is 0 Å². The number of amides is 2. The molecule has 3 aliphatic rings. The molecule has 2 aromatic rings. The first kappa shape index (κ1) is 27.9. The molecule has 0 radical (unpaired) electrons. The van der Waals surface area contributed by atoms with E-state index < -0.39 is 0 Å². The number of hydrogen-bond donors (Lipinski definition) is 1. The minimum absolute atomic E-state index is 0. The summed E-state index contributed by atoms with van der Waals surface area (Å²) in [7, 11) is 0. The SMILES string of the molecule is Cl.O=C(Oc1ccc(C=C(CC(=O)N2CCCC2)C(=O)N2CCNCC2)cc1)C1CCCc2ccccc21. The van der Waals surface area contributed by atoms with Crippen LogP contribution >= 0.6 is 12.4 Å². The predicted molar refractivity (Wildman–Crippen MR) is 149 cm³/mol. The van der Waals surface area contributed by atoms with E-state index in [1.165, 1.54) is 5.56 Å². The maximum Gasteiger partial charge on any atom is 0.318 e. The summed E-state index contributed by atoms with van der Waals surface area (Å²) in [6.45, 7) is 4.30. The number of carbonyl (C=O) groups excluding carboxylic acids is 3. The Morgan fingerprint density at radius 1 is 0.895 bits per heavy atom. The van der Waals surface area contributed by atoms with Crippen molar-refractivity contribution in [2.24, 2.45) is 0 Å². The summed E-state index contributed by atoms with van der Waals surface area (Å²) >= 11 is 0. The number of aryl methyl sites for hydroxylation is 1. The highest BCUT2D eigenvalue weighted by Gasteiger charge is 2.28. The molecule has 1 atom stereocenters. The van der Waals surface area contributed by atoms with Crippen LogP contribution in [0.2, 0.25) is 0 Å². The van der Waals surface area contributed by atoms with Crippen molar-refractivity contribution < 1.29 is 19.1 Å². The molecule has 8 heteroatoms. The van der Waals surface area contributed by atoms with E-state index >= 15 is 0 Å². The second-order valence-corrected chi connectivity index (χ2v) is 10.1. The van der Waals surface area contributed by atoms with Crippen LogP contribution in [-0.4, -0.2) is 66.9 Å². The van der Waals surface area contributed by atoms with E-state index in [4.69, 9.17) is 4.74 Å². The molecule has 1 N–H and O–H groups in total. The molecule has 38 heavy (non-hydrogen) atoms. The zero-order chi connectivity index (χ0) is 25.6. The Kier molecular flexibility index (Phi) is 9.58. The fourth-order valence-corrected chi connectivity index (χ4v) is 5.52. The lowest BCUT2D eigenvalue weighted by molar-refractivity contribution is -0.136. The first-order valence-electron chi connectivity index (χ1n) is 13.5. The molecule has 202 valence electrons. The summed E-state index contributed by atoms with van der Waals surface area (Å²) in [5.41, 5.74) is 3.59. The summed E-state index contributed by atoms with van der Waals surface area (Å²) in [6, 6.07) is 15.3. The van der Waals surface area contributed by atoms with Crippen LogP contribution in [0.5, 0.6) is 5.75 Å². The number of piperazine rings is 1. The van der Waals surface area contributed by atoms with E-state index in [0.29, 0.717) is 24.4 Å². The molecule has 2 fully saturated rings. The van der Waals surface area contributed by atoms with Crippen LogP contribution in [0, 0.1) is 0 Å². The fourth-order valence-electron chi connectivity index (χ4n) is 5.52. The van der Waals surface area contributed by atoms with Crippen molar-refractivity contribution in [2.75, 3.05) is 39.3 Å². The number of benzene rings is 2. The van der Waals surface area contributed by atoms with E-state index in [1.807, 2.05) is 40.1 Å². The summed E-state index contributed by atoms with van der Waals surface area (Å²) in [6.07, 6.45) is 6.70. The van der Waals surface area contributed by atoms with E-state index in [0.717, 1.165) is 69.4 Å². The van der Waals surface area contributed by atoms with E-state index in [1.54, 1.807) is 18.2 Å². The van der Waals surface area contributed by atoms with Crippen molar-refractivity contribution in [3.63, 3.8) is 0 Å². The van der Waals surface area contributed by atoms with Crippen LogP contribution in [0.25, 0.3) is 6.08 Å². The third kappa shape index (κ3) is 6.63. The highest BCUT2D eigenvalue weighted by Crippen LogP contribution is 2.33. The fraction of sp³-hybridized carbons (Fsp3) is 0.433. The molecule has 2 aliphatic heterocycles. The van der Waals surface area contributed by atoms with Crippen molar-refractivity contribution >= 4 is 36.3 Å². The van der Waals surface area contributed by atoms with Gasteiger partial charge in [-0.25, -0.2) is 0 Å². The first-order chi connectivity index (χ1) is 18.1. The van der Waals surface area contributed by atoms with E-state index in [9.17, 15) is 14.4 Å². The maximum atomic E-state index is 13.3. The number of halogens is 1. The summed E-state index contributed by atoms with van der Waals surface area (Å²) in [5.74, 6) is -0.0787. The third-order valence-electron chi connectivity index (χ3n) is 7.57. The zero-order valence-electron chi connectivity index (χ0n) is 21.7. The van der Waals surface area contributed by atoms with Crippen molar-refractivity contribution in [3.05, 3.63) is 70.8 Å². The minimum atomic E-state index is -0.246. The molecule has 5 rings (SSSR count). The van der Waals surface area contributed by atoms with Gasteiger partial charge in [-0.3, -0.25) is 14.4 Å². The van der Waals surface area contributed by atoms with Gasteiger partial charge in [0, 0.05) is 44.8 Å². The number of hydrogen-bond acceptors (Lipinski definition) is 5. The average Bonchev–Trinajstić information content (AvgIpc) is 3.49. The molecule has 0 saturated carbocycles. The number of likely N-dealkylation sites (tertiary alicyclic amines) is 1. The monoisotopic (exact) mass is 537 g/mol. The summed E-state index contributed by atoms with van der Waals surface area (Å²) < 4.78 is 5.74. The smallest absolute Gasteiger partial charge is 0.318 e. The molecule has 7 nitrogen and oxygen atoms in total. The molecule has 2 heterocycles. The standard InChI is InChI=1S/C30H35N3O4.ClH/c34-28(32-16-3-4-17-32)21-24(29(35)33-18-14-31-15-19-33)20-22-10-12-25(13-11-22)37-30(36)27-9-5-7-23-6-1-2-8-26(23)27;/h1-2,6,8,10-13,20,27,31H,3-5,7,9,14-19,21H2;1H. The molecule has 2 aromatic carbocycles. The molecular formula is C30H36ClN3O4. The van der Waals surface area contributed by atoms with Crippen LogP contribution in [0.3, 0.4) is 0 Å². The number of ether oxygens (including phenoxy) is 1. The van der Waals surface area contributed by atoms with Gasteiger partial charge < -0.3 is 19.9 Å². The third-order valence-corrected chi connectivity index (χ3v) is 7.57. The summed E-state index contributed by atoms with van der Waals surface area (Å²) in [5, 5.41) is 3.26. The van der Waals surface area contributed by atoms with Gasteiger partial charge in [-0.15, -0.1) is 12.4 Å². The number of rotatable bonds is 6. The Bertz CT molecular complexity index is 1170. The molecule has 2 amide bonds. The molecule has 1 aliphatic carbocycles. The molecule has 0 bridgehead atoms. The Morgan fingerprint density at radius 3 is 2.34 bits per heavy atom. The number of fused-ring (bicyclic) bond motifs is 1. The van der Waals surface area contributed by atoms with E-state index in [-0.39, 0.29) is 42.5 Å². The van der Waals surface area contributed by atoms with Gasteiger partial charge >= 0.3 is 5.97 Å². The highest BCUT2D eigenvalue weighted by molar-refractivity contribution is 6.02. The van der Waals surface area contributed by atoms with Crippen molar-refractivity contribution in [1.29, 1.82) is 0 Å². The van der Waals surface area contributed by atoms with Crippen LogP contribution in [0.1, 0.15) is 54.7 Å². The number of esters is 1. The molecule has 0 spiro atoms. The van der Waals surface area contributed by atoms with Crippen LogP contribution in [-0.2, 0) is 20.8 Å². The maximum absolute atomic E-state index is 13.3. The molecule has 0 aromatic heterocycles. The predicted octanol–water partition coefficient (Wildman–Crippen LogP) is 3.96. The van der Waals surface area contributed by atoms with Crippen LogP contribution < -0.4 is 10.1 Å². The molecule has 2 saturated heterocycles. The number of nitrogens with one attached hydrogen (secondary N) is 1. The lowest BCUT2D eigenvalue weighted by Gasteiger charge is -2.28. The van der Waals surface area contributed by atoms with Gasteiger partial charge in [-0.1, -0.05) is 36.4 Å². The second-order valence-electron chi connectivity index (χ2n) is 10.1. The first-order valence-corrected chi connectivity index (χ1v) is 13.5. The van der Waals surface area contributed by atoms with Crippen molar-refractivity contribution in [3.8, 4) is 5.75 Å². The lowest BCUT2D eigenvalue weighted by atomic mass is 9.83.